The van der Waals surface area contributed by atoms with Crippen LogP contribution in [0.1, 0.15) is 37.1 Å². The standard InChI is InChI=1S/C16H16ClF3N4OS/c1-8(26-15-23-22-13(24(15)2)9-3-4-9)14(25)21-10-5-6-12(17)11(7-10)16(18,19)20/h5-9H,3-4H2,1-2H3,(H,21,25)/t8-/m1/s1. The highest BCUT2D eigenvalue weighted by Gasteiger charge is 2.34. The highest BCUT2D eigenvalue weighted by atomic mass is 35.5. The van der Waals surface area contributed by atoms with E-state index in [1.165, 1.54) is 17.8 Å². The third-order valence-corrected chi connectivity index (χ3v) is 5.47. The average Bonchev–Trinajstić information content (AvgIpc) is 3.33. The average molecular weight is 405 g/mol. The van der Waals surface area contributed by atoms with Crippen molar-refractivity contribution in [3.05, 3.63) is 34.6 Å². The summed E-state index contributed by atoms with van der Waals surface area (Å²) >= 11 is 6.79. The van der Waals surface area contributed by atoms with Gasteiger partial charge >= 0.3 is 6.18 Å². The highest BCUT2D eigenvalue weighted by Crippen LogP contribution is 2.40. The Labute approximate surface area is 157 Å². The molecule has 0 radical (unpaired) electrons. The van der Waals surface area contributed by atoms with E-state index in [0.717, 1.165) is 30.8 Å². The van der Waals surface area contributed by atoms with E-state index in [4.69, 9.17) is 11.6 Å². The number of rotatable bonds is 5. The summed E-state index contributed by atoms with van der Waals surface area (Å²) in [7, 11) is 1.84. The molecule has 0 spiro atoms. The normalized spacial score (nSPS) is 15.8. The van der Waals surface area contributed by atoms with Crippen molar-refractivity contribution < 1.29 is 18.0 Å². The number of thioether (sulfide) groups is 1. The minimum atomic E-state index is -4.59. The van der Waals surface area contributed by atoms with Crippen LogP contribution in [0.2, 0.25) is 5.02 Å². The molecular formula is C16H16ClF3N4OS. The maximum absolute atomic E-state index is 12.9. The van der Waals surface area contributed by atoms with Gasteiger partial charge in [0.25, 0.3) is 0 Å². The summed E-state index contributed by atoms with van der Waals surface area (Å²) in [5, 5.41) is 10.4. The lowest BCUT2D eigenvalue weighted by atomic mass is 10.2. The van der Waals surface area contributed by atoms with Crippen LogP contribution in [0.4, 0.5) is 18.9 Å². The molecule has 1 amide bonds. The van der Waals surface area contributed by atoms with Gasteiger partial charge in [-0.1, -0.05) is 23.4 Å². The number of carbonyl (C=O) groups is 1. The molecule has 2 aromatic rings. The van der Waals surface area contributed by atoms with E-state index < -0.39 is 27.9 Å². The van der Waals surface area contributed by atoms with Crippen molar-refractivity contribution in [1.29, 1.82) is 0 Å². The number of alkyl halides is 3. The van der Waals surface area contributed by atoms with Crippen LogP contribution in [-0.4, -0.2) is 25.9 Å². The van der Waals surface area contributed by atoms with Crippen LogP contribution < -0.4 is 5.32 Å². The summed E-state index contributed by atoms with van der Waals surface area (Å²) < 4.78 is 40.6. The van der Waals surface area contributed by atoms with Gasteiger partial charge in [0, 0.05) is 18.7 Å². The zero-order valence-electron chi connectivity index (χ0n) is 14.0. The number of nitrogens with zero attached hydrogens (tertiary/aromatic N) is 3. The first-order valence-electron chi connectivity index (χ1n) is 7.90. The fourth-order valence-electron chi connectivity index (χ4n) is 2.40. The summed E-state index contributed by atoms with van der Waals surface area (Å²) in [5.74, 6) is 0.898. The Morgan fingerprint density at radius 3 is 2.69 bits per heavy atom. The number of hydrogen-bond donors (Lipinski definition) is 1. The number of carbonyl (C=O) groups excluding carboxylic acids is 1. The van der Waals surface area contributed by atoms with Gasteiger partial charge in [-0.3, -0.25) is 4.79 Å². The van der Waals surface area contributed by atoms with Gasteiger partial charge in [0.05, 0.1) is 15.8 Å². The summed E-state index contributed by atoms with van der Waals surface area (Å²) in [6, 6.07) is 3.27. The van der Waals surface area contributed by atoms with E-state index in [1.807, 2.05) is 11.6 Å². The first kappa shape index (κ1) is 19.0. The lowest BCUT2D eigenvalue weighted by molar-refractivity contribution is -0.137. The molecule has 1 fully saturated rings. The fraction of sp³-hybridized carbons (Fsp3) is 0.438. The van der Waals surface area contributed by atoms with Gasteiger partial charge in [-0.2, -0.15) is 13.2 Å². The van der Waals surface area contributed by atoms with Crippen molar-refractivity contribution in [2.24, 2.45) is 7.05 Å². The molecule has 1 saturated carbocycles. The Balaban J connectivity index is 1.68. The number of amides is 1. The highest BCUT2D eigenvalue weighted by molar-refractivity contribution is 8.00. The van der Waals surface area contributed by atoms with Crippen molar-refractivity contribution in [1.82, 2.24) is 14.8 Å². The molecule has 1 N–H and O–H groups in total. The molecule has 0 aliphatic heterocycles. The second kappa shape index (κ2) is 7.11. The maximum atomic E-state index is 12.9. The molecular weight excluding hydrogens is 389 g/mol. The van der Waals surface area contributed by atoms with Crippen LogP contribution in [0.5, 0.6) is 0 Å². The van der Waals surface area contributed by atoms with Gasteiger partial charge in [0.2, 0.25) is 5.91 Å². The van der Waals surface area contributed by atoms with Crippen molar-refractivity contribution in [3.8, 4) is 0 Å². The minimum Gasteiger partial charge on any atom is -0.325 e. The third kappa shape index (κ3) is 4.15. The lowest BCUT2D eigenvalue weighted by Crippen LogP contribution is -2.23. The molecule has 3 rings (SSSR count). The molecule has 0 unspecified atom stereocenters. The Bertz CT molecular complexity index is 835. The predicted octanol–water partition coefficient (Wildman–Crippen LogP) is 4.48. The second-order valence-electron chi connectivity index (χ2n) is 6.12. The van der Waals surface area contributed by atoms with Crippen LogP contribution >= 0.6 is 23.4 Å². The zero-order chi connectivity index (χ0) is 19.1. The van der Waals surface area contributed by atoms with Crippen LogP contribution in [0.3, 0.4) is 0 Å². The number of anilines is 1. The molecule has 1 aromatic heterocycles. The molecule has 1 atom stereocenters. The lowest BCUT2D eigenvalue weighted by Gasteiger charge is -2.14. The number of nitrogens with one attached hydrogen (secondary N) is 1. The molecule has 1 aromatic carbocycles. The summed E-state index contributed by atoms with van der Waals surface area (Å²) in [6.07, 6.45) is -2.41. The molecule has 10 heteroatoms. The second-order valence-corrected chi connectivity index (χ2v) is 7.83. The Morgan fingerprint density at radius 2 is 2.08 bits per heavy atom. The smallest absolute Gasteiger partial charge is 0.325 e. The van der Waals surface area contributed by atoms with Crippen molar-refractivity contribution >= 4 is 35.0 Å². The van der Waals surface area contributed by atoms with Crippen LogP contribution in [-0.2, 0) is 18.0 Å². The van der Waals surface area contributed by atoms with Crippen LogP contribution in [0, 0.1) is 0 Å². The maximum Gasteiger partial charge on any atom is 0.417 e. The minimum absolute atomic E-state index is 0.0378. The monoisotopic (exact) mass is 404 g/mol. The first-order chi connectivity index (χ1) is 12.2. The summed E-state index contributed by atoms with van der Waals surface area (Å²) in [4.78, 5) is 12.3. The van der Waals surface area contributed by atoms with Gasteiger partial charge in [-0.05, 0) is 38.0 Å². The van der Waals surface area contributed by atoms with E-state index >= 15 is 0 Å². The summed E-state index contributed by atoms with van der Waals surface area (Å²) in [6.45, 7) is 1.66. The molecule has 140 valence electrons. The Kier molecular flexibility index (Phi) is 5.21. The van der Waals surface area contributed by atoms with Crippen molar-refractivity contribution in [2.45, 2.75) is 42.3 Å². The molecule has 5 nitrogen and oxygen atoms in total. The molecule has 1 aliphatic rings. The number of halogens is 4. The van der Waals surface area contributed by atoms with Crippen LogP contribution in [0.25, 0.3) is 0 Å². The van der Waals surface area contributed by atoms with Crippen LogP contribution in [0.15, 0.2) is 23.4 Å². The molecule has 26 heavy (non-hydrogen) atoms. The largest absolute Gasteiger partial charge is 0.417 e. The van der Waals surface area contributed by atoms with Gasteiger partial charge in [0.1, 0.15) is 5.82 Å². The number of hydrogen-bond acceptors (Lipinski definition) is 4. The van der Waals surface area contributed by atoms with E-state index in [0.29, 0.717) is 11.1 Å². The molecule has 0 bridgehead atoms. The number of aromatic nitrogens is 3. The van der Waals surface area contributed by atoms with Gasteiger partial charge in [-0.15, -0.1) is 10.2 Å². The number of benzene rings is 1. The molecule has 1 aliphatic carbocycles. The fourth-order valence-corrected chi connectivity index (χ4v) is 3.45. The molecule has 1 heterocycles. The van der Waals surface area contributed by atoms with Gasteiger partial charge in [0.15, 0.2) is 5.16 Å². The van der Waals surface area contributed by atoms with E-state index in [2.05, 4.69) is 15.5 Å². The van der Waals surface area contributed by atoms with Gasteiger partial charge < -0.3 is 9.88 Å². The Morgan fingerprint density at radius 1 is 1.38 bits per heavy atom. The SMILES string of the molecule is C[C@@H](Sc1nnc(C2CC2)n1C)C(=O)Nc1ccc(Cl)c(C(F)(F)F)c1. The predicted molar refractivity (Wildman–Crippen MR) is 93.4 cm³/mol. The van der Waals surface area contributed by atoms with E-state index in [9.17, 15) is 18.0 Å². The van der Waals surface area contributed by atoms with Crippen molar-refractivity contribution in [2.75, 3.05) is 5.32 Å². The zero-order valence-corrected chi connectivity index (χ0v) is 15.5. The van der Waals surface area contributed by atoms with Gasteiger partial charge in [-0.25, -0.2) is 0 Å². The first-order valence-corrected chi connectivity index (χ1v) is 9.16. The van der Waals surface area contributed by atoms with E-state index in [1.54, 1.807) is 6.92 Å². The Hall–Kier alpha value is -1.74. The van der Waals surface area contributed by atoms with E-state index in [-0.39, 0.29) is 5.69 Å². The topological polar surface area (TPSA) is 59.8 Å². The quantitative estimate of drug-likeness (QED) is 0.746. The summed E-state index contributed by atoms with van der Waals surface area (Å²) in [5.41, 5.74) is -0.949. The third-order valence-electron chi connectivity index (χ3n) is 4.00. The molecule has 0 saturated heterocycles. The van der Waals surface area contributed by atoms with Crippen molar-refractivity contribution in [3.63, 3.8) is 0 Å².